The number of benzene rings is 6. The summed E-state index contributed by atoms with van der Waals surface area (Å²) in [5, 5.41) is 16.2. The molecular weight excluding hydrogens is 825 g/mol. The summed E-state index contributed by atoms with van der Waals surface area (Å²) in [7, 11) is 0. The molecule has 2 fully saturated rings. The van der Waals surface area contributed by atoms with Gasteiger partial charge in [0.2, 0.25) is 0 Å². The molecule has 15 heteroatoms. The predicted molar refractivity (Wildman–Crippen MR) is 238 cm³/mol. The van der Waals surface area contributed by atoms with Crippen LogP contribution in [0.25, 0.3) is 22.1 Å². The van der Waals surface area contributed by atoms with Crippen LogP contribution in [0.15, 0.2) is 158 Å². The molecule has 2 saturated heterocycles. The molecule has 0 spiro atoms. The van der Waals surface area contributed by atoms with Crippen molar-refractivity contribution < 1.29 is 33.5 Å². The van der Waals surface area contributed by atoms with Crippen molar-refractivity contribution in [3.8, 4) is 0 Å². The third-order valence-electron chi connectivity index (χ3n) is 11.8. The zero-order valence-corrected chi connectivity index (χ0v) is 35.6. The van der Waals surface area contributed by atoms with Crippen molar-refractivity contribution in [3.05, 3.63) is 191 Å². The minimum Gasteiger partial charge on any atom is -0.342 e. The first kappa shape index (κ1) is 41.3. The van der Waals surface area contributed by atoms with Gasteiger partial charge in [0.15, 0.2) is 5.79 Å². The second-order valence-corrected chi connectivity index (χ2v) is 16.7. The van der Waals surface area contributed by atoms with Crippen molar-refractivity contribution >= 4 is 40.0 Å². The van der Waals surface area contributed by atoms with E-state index < -0.39 is 42.0 Å². The van der Waals surface area contributed by atoms with Crippen LogP contribution in [-0.4, -0.2) is 88.2 Å². The van der Waals surface area contributed by atoms with E-state index in [-0.39, 0.29) is 30.2 Å². The molecule has 2 aliphatic rings. The van der Waals surface area contributed by atoms with Crippen molar-refractivity contribution in [3.63, 3.8) is 0 Å². The van der Waals surface area contributed by atoms with Gasteiger partial charge in [0.1, 0.15) is 34.3 Å². The first-order valence-electron chi connectivity index (χ1n) is 21.4. The zero-order chi connectivity index (χ0) is 44.5. The van der Waals surface area contributed by atoms with Crippen LogP contribution in [-0.2, 0) is 35.4 Å². The van der Waals surface area contributed by atoms with Crippen molar-refractivity contribution in [2.75, 3.05) is 0 Å². The molecule has 0 aliphatic carbocycles. The first-order valence-corrected chi connectivity index (χ1v) is 21.4. The number of nitrogens with zero attached hydrogens (tertiary/aromatic N) is 8. The van der Waals surface area contributed by atoms with Crippen molar-refractivity contribution in [1.82, 2.24) is 40.1 Å². The van der Waals surface area contributed by atoms with E-state index in [1.165, 1.54) is 0 Å². The van der Waals surface area contributed by atoms with E-state index in [4.69, 9.17) is 19.1 Å². The quantitative estimate of drug-likeness (QED) is 0.118. The summed E-state index contributed by atoms with van der Waals surface area (Å²) in [5.41, 5.74) is 6.20. The van der Waals surface area contributed by atoms with Gasteiger partial charge in [0.05, 0.1) is 23.2 Å². The van der Waals surface area contributed by atoms with Gasteiger partial charge in [-0.1, -0.05) is 119 Å². The van der Waals surface area contributed by atoms with Crippen molar-refractivity contribution in [2.24, 2.45) is 0 Å². The number of urea groups is 1. The van der Waals surface area contributed by atoms with E-state index in [0.717, 1.165) is 20.8 Å². The molecule has 0 bridgehead atoms. The zero-order valence-electron chi connectivity index (χ0n) is 35.6. The molecule has 2 amide bonds. The Labute approximate surface area is 373 Å². The summed E-state index contributed by atoms with van der Waals surface area (Å²) in [4.78, 5) is 60.4. The molecule has 0 unspecified atom stereocenters. The van der Waals surface area contributed by atoms with Crippen LogP contribution in [0.2, 0.25) is 0 Å². The lowest BCUT2D eigenvalue weighted by Crippen LogP contribution is -2.51. The number of aromatic nitrogens is 6. The Morgan fingerprint density at radius 1 is 0.538 bits per heavy atom. The number of amides is 2. The van der Waals surface area contributed by atoms with Crippen LogP contribution in [0, 0.1) is 0 Å². The summed E-state index contributed by atoms with van der Waals surface area (Å²) in [6.07, 6.45) is -0.224. The summed E-state index contributed by atoms with van der Waals surface area (Å²) in [6, 6.07) is 47.1. The highest BCUT2D eigenvalue weighted by Crippen LogP contribution is 2.40. The smallest absolute Gasteiger partial charge is 0.342 e. The summed E-state index contributed by atoms with van der Waals surface area (Å²) in [5.74, 6) is -2.26. The Hall–Kier alpha value is -7.75. The number of rotatable bonds is 12. The van der Waals surface area contributed by atoms with Gasteiger partial charge in [-0.2, -0.15) is 0 Å². The fourth-order valence-corrected chi connectivity index (χ4v) is 8.83. The summed E-state index contributed by atoms with van der Waals surface area (Å²) >= 11 is 0. The number of fused-ring (bicyclic) bond motifs is 3. The third kappa shape index (κ3) is 8.66. The molecule has 2 aromatic heterocycles. The predicted octanol–water partition coefficient (Wildman–Crippen LogP) is 6.89. The number of hydrogen-bond donors (Lipinski definition) is 0. The maximum atomic E-state index is 15.8. The lowest BCUT2D eigenvalue weighted by molar-refractivity contribution is -0.157. The Bertz CT molecular complexity index is 2810. The Balaban J connectivity index is 1.02. The van der Waals surface area contributed by atoms with Gasteiger partial charge in [-0.05, 0) is 108 Å². The van der Waals surface area contributed by atoms with E-state index in [1.807, 2.05) is 121 Å². The number of carbonyl (C=O) groups excluding carboxylic acids is 3. The molecule has 0 N–H and O–H groups in total. The molecule has 4 atom stereocenters. The first-order chi connectivity index (χ1) is 31.7. The molecule has 326 valence electrons. The highest BCUT2D eigenvalue weighted by molar-refractivity contribution is 5.91. The second-order valence-electron chi connectivity index (χ2n) is 16.7. The van der Waals surface area contributed by atoms with Gasteiger partial charge in [0.25, 0.3) is 0 Å². The van der Waals surface area contributed by atoms with Crippen molar-refractivity contribution in [2.45, 2.75) is 69.9 Å². The van der Waals surface area contributed by atoms with Crippen LogP contribution in [0.1, 0.15) is 56.8 Å². The molecule has 8 aromatic rings. The highest BCUT2D eigenvalue weighted by atomic mass is 16.8. The number of carbonyl (C=O) groups is 3. The van der Waals surface area contributed by atoms with Crippen LogP contribution in [0.3, 0.4) is 0 Å². The van der Waals surface area contributed by atoms with Gasteiger partial charge < -0.3 is 28.9 Å². The van der Waals surface area contributed by atoms with E-state index >= 15 is 4.79 Å². The topological polar surface area (TPSA) is 156 Å². The average Bonchev–Trinajstić information content (AvgIpc) is 4.02. The standard InChI is InChI=1S/C50H44N8O7/c1-50(2)62-45-43(29-33-15-5-3-6-16-33)55(31-35-19-13-21-37(27-35)47(59)64-57-41-25-11-9-23-39(41)51-53-57)49(61)56(44(46(45)63-50)30-34-17-7-4-8-18-34)32-36-20-14-22-38(28-36)48(60)65-58-42-26-12-10-24-40(42)52-54-58/h3-28,43-46H,29-32H2,1-2H3/t43-,44-,45+,46+/m1/s1. The maximum absolute atomic E-state index is 15.8. The molecule has 0 radical (unpaired) electrons. The minimum atomic E-state index is -0.985. The van der Waals surface area contributed by atoms with Gasteiger partial charge in [-0.25, -0.2) is 14.4 Å². The Morgan fingerprint density at radius 3 is 1.38 bits per heavy atom. The molecule has 0 saturated carbocycles. The summed E-state index contributed by atoms with van der Waals surface area (Å²) < 4.78 is 13.8. The lowest BCUT2D eigenvalue weighted by Gasteiger charge is -2.37. The molecule has 6 aromatic carbocycles. The lowest BCUT2D eigenvalue weighted by atomic mass is 9.91. The van der Waals surface area contributed by atoms with Gasteiger partial charge in [-0.3, -0.25) is 0 Å². The molecule has 15 nitrogen and oxygen atoms in total. The average molecular weight is 869 g/mol. The largest absolute Gasteiger partial charge is 0.365 e. The van der Waals surface area contributed by atoms with Crippen LogP contribution >= 0.6 is 0 Å². The van der Waals surface area contributed by atoms with Gasteiger partial charge in [0, 0.05) is 13.1 Å². The van der Waals surface area contributed by atoms with Gasteiger partial charge >= 0.3 is 18.0 Å². The monoisotopic (exact) mass is 868 g/mol. The van der Waals surface area contributed by atoms with E-state index in [2.05, 4.69) is 20.6 Å². The molecule has 4 heterocycles. The van der Waals surface area contributed by atoms with Crippen molar-refractivity contribution in [1.29, 1.82) is 0 Å². The highest BCUT2D eigenvalue weighted by Gasteiger charge is 2.55. The van der Waals surface area contributed by atoms with E-state index in [0.29, 0.717) is 46.0 Å². The van der Waals surface area contributed by atoms with Crippen LogP contribution < -0.4 is 9.68 Å². The number of ether oxygens (including phenoxy) is 2. The molecule has 10 rings (SSSR count). The van der Waals surface area contributed by atoms with E-state index in [1.54, 1.807) is 60.7 Å². The normalized spacial score (nSPS) is 19.3. The summed E-state index contributed by atoms with van der Waals surface area (Å²) in [6.45, 7) is 4.03. The Kier molecular flexibility index (Phi) is 11.1. The molecular formula is C50H44N8O7. The van der Waals surface area contributed by atoms with Crippen LogP contribution in [0.4, 0.5) is 4.79 Å². The SMILES string of the molecule is CC1(C)O[C@@H]2[C@@H](O1)[C@@H](Cc1ccccc1)N(Cc1cccc(C(=O)On3nnc4ccccc43)c1)C(=O)N(Cc1cccc(C(=O)On3nnc4ccccc43)c1)[C@@H]2Cc1ccccc1. The number of hydrogen-bond acceptors (Lipinski definition) is 11. The molecule has 65 heavy (non-hydrogen) atoms. The second kappa shape index (κ2) is 17.4. The van der Waals surface area contributed by atoms with Gasteiger partial charge in [-0.15, -0.1) is 10.2 Å². The van der Waals surface area contributed by atoms with E-state index in [9.17, 15) is 9.59 Å². The third-order valence-corrected chi connectivity index (χ3v) is 11.8. The fraction of sp³-hybridized carbons (Fsp3) is 0.220. The minimum absolute atomic E-state index is 0.115. The fourth-order valence-electron chi connectivity index (χ4n) is 8.83. The molecule has 2 aliphatic heterocycles. The van der Waals surface area contributed by atoms with Crippen LogP contribution in [0.5, 0.6) is 0 Å². The number of para-hydroxylation sites is 2. The maximum Gasteiger partial charge on any atom is 0.365 e. The Morgan fingerprint density at radius 2 is 0.938 bits per heavy atom.